The van der Waals surface area contributed by atoms with E-state index in [4.69, 9.17) is 7.85 Å². The van der Waals surface area contributed by atoms with Gasteiger partial charge in [0.25, 0.3) is 0 Å². The molecule has 0 fully saturated rings. The Kier molecular flexibility index (Phi) is 13.0. The van der Waals surface area contributed by atoms with E-state index in [2.05, 4.69) is 11.3 Å². The fourth-order valence-electron chi connectivity index (χ4n) is 0.0481. The van der Waals surface area contributed by atoms with Gasteiger partial charge >= 0.3 is 0 Å². The molecule has 0 N–H and O–H groups in total. The number of allylic oxidation sites excluding steroid dienone is 1. The number of aldehydes is 1. The predicted molar refractivity (Wildman–Crippen MR) is 38.7 cm³/mol. The molecule has 0 aliphatic rings. The third-order valence-corrected chi connectivity index (χ3v) is 0.429. The fourth-order valence-corrected chi connectivity index (χ4v) is 0.0481. The standard InChI is InChI=1S/C4H5BO.C2H6O/c1-4(2-5)3-6;1-3-2/h3H,1-2H2;1-2H3. The zero-order chi connectivity index (χ0) is 7.70. The van der Waals surface area contributed by atoms with Crippen LogP contribution in [0.5, 0.6) is 0 Å². The van der Waals surface area contributed by atoms with Gasteiger partial charge in [-0.1, -0.05) is 12.9 Å². The van der Waals surface area contributed by atoms with E-state index < -0.39 is 0 Å². The van der Waals surface area contributed by atoms with Crippen molar-refractivity contribution < 1.29 is 9.53 Å². The second-order valence-corrected chi connectivity index (χ2v) is 1.39. The number of methoxy groups -OCH3 is 1. The molecule has 2 nitrogen and oxygen atoms in total. The van der Waals surface area contributed by atoms with Crippen LogP contribution in [0.1, 0.15) is 0 Å². The van der Waals surface area contributed by atoms with Crippen LogP contribution in [0, 0.1) is 0 Å². The lowest BCUT2D eigenvalue weighted by Gasteiger charge is -1.79. The maximum absolute atomic E-state index is 9.56. The van der Waals surface area contributed by atoms with Crippen LogP contribution in [0.2, 0.25) is 6.32 Å². The maximum atomic E-state index is 9.56. The second-order valence-electron chi connectivity index (χ2n) is 1.39. The van der Waals surface area contributed by atoms with Crippen molar-refractivity contribution >= 4 is 14.1 Å². The largest absolute Gasteiger partial charge is 0.388 e. The van der Waals surface area contributed by atoms with Gasteiger partial charge in [0.05, 0.1) is 7.85 Å². The van der Waals surface area contributed by atoms with Crippen LogP contribution in [0.3, 0.4) is 0 Å². The molecule has 0 heterocycles. The van der Waals surface area contributed by atoms with Gasteiger partial charge in [-0.3, -0.25) is 4.79 Å². The number of carbonyl (C=O) groups is 1. The monoisotopic (exact) mass is 126 g/mol. The normalized spacial score (nSPS) is 6.89. The van der Waals surface area contributed by atoms with E-state index in [1.165, 1.54) is 0 Å². The molecular weight excluding hydrogens is 115 g/mol. The van der Waals surface area contributed by atoms with Gasteiger partial charge in [0.15, 0.2) is 0 Å². The summed E-state index contributed by atoms with van der Waals surface area (Å²) in [4.78, 5) is 9.56. The van der Waals surface area contributed by atoms with Gasteiger partial charge in [-0.05, 0) is 5.57 Å². The van der Waals surface area contributed by atoms with E-state index in [0.29, 0.717) is 11.9 Å². The molecule has 0 spiro atoms. The van der Waals surface area contributed by atoms with Crippen LogP contribution in [0.4, 0.5) is 0 Å². The van der Waals surface area contributed by atoms with Crippen LogP contribution in [-0.2, 0) is 9.53 Å². The highest BCUT2D eigenvalue weighted by molar-refractivity contribution is 6.12. The summed E-state index contributed by atoms with van der Waals surface area (Å²) >= 11 is 0. The van der Waals surface area contributed by atoms with Crippen molar-refractivity contribution in [3.8, 4) is 0 Å². The Morgan fingerprint density at radius 3 is 2.11 bits per heavy atom. The quantitative estimate of drug-likeness (QED) is 0.307. The van der Waals surface area contributed by atoms with E-state index in [-0.39, 0.29) is 6.32 Å². The van der Waals surface area contributed by atoms with Crippen molar-refractivity contribution in [2.45, 2.75) is 6.32 Å². The first kappa shape index (κ1) is 11.3. The summed E-state index contributed by atoms with van der Waals surface area (Å²) in [7, 11) is 8.20. The Labute approximate surface area is 57.3 Å². The Morgan fingerprint density at radius 1 is 1.78 bits per heavy atom. The summed E-state index contributed by atoms with van der Waals surface area (Å²) in [5.41, 5.74) is 0.440. The molecule has 0 bridgehead atoms. The summed E-state index contributed by atoms with van der Waals surface area (Å²) < 4.78 is 4.25. The molecule has 0 unspecified atom stereocenters. The lowest BCUT2D eigenvalue weighted by atomic mass is 9.99. The van der Waals surface area contributed by atoms with Gasteiger partial charge in [0, 0.05) is 14.2 Å². The number of carbonyl (C=O) groups excluding carboxylic acids is 1. The summed E-state index contributed by atoms with van der Waals surface area (Å²) in [5.74, 6) is 0. The molecule has 3 heteroatoms. The Morgan fingerprint density at radius 2 is 2.11 bits per heavy atom. The molecule has 0 aliphatic carbocycles. The van der Waals surface area contributed by atoms with Gasteiger partial charge < -0.3 is 4.74 Å². The van der Waals surface area contributed by atoms with Crippen LogP contribution in [0.15, 0.2) is 12.2 Å². The molecule has 0 saturated heterocycles. The maximum Gasteiger partial charge on any atom is 0.144 e. The van der Waals surface area contributed by atoms with Gasteiger partial charge in [0.2, 0.25) is 0 Å². The number of hydrogen-bond acceptors (Lipinski definition) is 2. The average molecular weight is 126 g/mol. The van der Waals surface area contributed by atoms with Crippen LogP contribution < -0.4 is 0 Å². The molecule has 0 aromatic rings. The van der Waals surface area contributed by atoms with E-state index in [1.807, 2.05) is 0 Å². The molecule has 0 aliphatic heterocycles. The summed E-state index contributed by atoms with van der Waals surface area (Å²) in [5, 5.41) is 0. The average Bonchev–Trinajstić information content (AvgIpc) is 1.88. The van der Waals surface area contributed by atoms with Crippen molar-refractivity contribution in [1.82, 2.24) is 0 Å². The smallest absolute Gasteiger partial charge is 0.144 e. The number of ether oxygens (including phenoxy) is 1. The van der Waals surface area contributed by atoms with Gasteiger partial charge in [-0.2, -0.15) is 0 Å². The lowest BCUT2D eigenvalue weighted by molar-refractivity contribution is -0.104. The zero-order valence-electron chi connectivity index (χ0n) is 5.89. The van der Waals surface area contributed by atoms with E-state index in [1.54, 1.807) is 14.2 Å². The topological polar surface area (TPSA) is 26.3 Å². The van der Waals surface area contributed by atoms with Crippen LogP contribution in [-0.4, -0.2) is 28.4 Å². The number of rotatable bonds is 2. The first-order chi connectivity index (χ1) is 4.22. The van der Waals surface area contributed by atoms with E-state index >= 15 is 0 Å². The summed E-state index contributed by atoms with van der Waals surface area (Å²) in [6.45, 7) is 3.30. The third kappa shape index (κ3) is 18.6. The predicted octanol–water partition coefficient (Wildman–Crippen LogP) is 0.591. The van der Waals surface area contributed by atoms with Gasteiger partial charge in [-0.25, -0.2) is 0 Å². The molecule has 0 amide bonds. The SMILES string of the molecule is COC.[B]CC(=C)C=O. The molecule has 0 atom stereocenters. The highest BCUT2D eigenvalue weighted by Crippen LogP contribution is 1.84. The Balaban J connectivity index is 0. The minimum atomic E-state index is 0.267. The first-order valence-electron chi connectivity index (χ1n) is 2.46. The third-order valence-electron chi connectivity index (χ3n) is 0.429. The Bertz CT molecular complexity index is 81.1. The van der Waals surface area contributed by atoms with Crippen LogP contribution in [0.25, 0.3) is 0 Å². The van der Waals surface area contributed by atoms with Crippen molar-refractivity contribution in [3.05, 3.63) is 12.2 Å². The van der Waals surface area contributed by atoms with E-state index in [0.717, 1.165) is 0 Å². The fraction of sp³-hybridized carbons (Fsp3) is 0.500. The Hall–Kier alpha value is -0.565. The highest BCUT2D eigenvalue weighted by Gasteiger charge is 1.77. The zero-order valence-corrected chi connectivity index (χ0v) is 5.89. The molecule has 2 radical (unpaired) electrons. The van der Waals surface area contributed by atoms with Crippen LogP contribution >= 0.6 is 0 Å². The first-order valence-corrected chi connectivity index (χ1v) is 2.46. The van der Waals surface area contributed by atoms with Gasteiger partial charge in [0.1, 0.15) is 6.29 Å². The molecule has 0 rings (SSSR count). The van der Waals surface area contributed by atoms with Crippen molar-refractivity contribution in [1.29, 1.82) is 0 Å². The number of hydrogen-bond donors (Lipinski definition) is 0. The highest BCUT2D eigenvalue weighted by atomic mass is 16.4. The van der Waals surface area contributed by atoms with Crippen molar-refractivity contribution in [3.63, 3.8) is 0 Å². The summed E-state index contributed by atoms with van der Waals surface area (Å²) in [6, 6.07) is 0. The molecule has 50 valence electrons. The minimum Gasteiger partial charge on any atom is -0.388 e. The second kappa shape index (κ2) is 10.4. The lowest BCUT2D eigenvalue weighted by Crippen LogP contribution is -1.76. The minimum absolute atomic E-state index is 0.267. The summed E-state index contributed by atoms with van der Waals surface area (Å²) in [6.07, 6.45) is 0.920. The molecule has 0 aromatic heterocycles. The molecule has 0 saturated carbocycles. The molecule has 9 heavy (non-hydrogen) atoms. The van der Waals surface area contributed by atoms with Gasteiger partial charge in [-0.15, -0.1) is 0 Å². The molecule has 0 aromatic carbocycles. The van der Waals surface area contributed by atoms with Crippen molar-refractivity contribution in [2.75, 3.05) is 14.2 Å². The van der Waals surface area contributed by atoms with Crippen molar-refractivity contribution in [2.24, 2.45) is 0 Å². The van der Waals surface area contributed by atoms with E-state index in [9.17, 15) is 4.79 Å². The molecular formula is C6H11BO2.